The Morgan fingerprint density at radius 1 is 1.19 bits per heavy atom. The SMILES string of the molecule is CC(C)(C)NC(=O)C(=O)N1C[C@H]2[C@@H]([C@H]1C(=O)N[C@@H](C[C@@H]1CCNC1=O)C(=O)COC(F)(F)F)C21CC1. The van der Waals surface area contributed by atoms with E-state index >= 15 is 0 Å². The Kier molecular flexibility index (Phi) is 6.59. The van der Waals surface area contributed by atoms with Crippen molar-refractivity contribution < 1.29 is 41.9 Å². The molecule has 3 N–H and O–H groups in total. The molecule has 0 radical (unpaired) electrons. The Labute approximate surface area is 206 Å². The van der Waals surface area contributed by atoms with Gasteiger partial charge < -0.3 is 20.9 Å². The van der Waals surface area contributed by atoms with E-state index in [0.717, 1.165) is 12.8 Å². The van der Waals surface area contributed by atoms with Crippen molar-refractivity contribution in [2.75, 3.05) is 19.7 Å². The molecule has 2 saturated heterocycles. The van der Waals surface area contributed by atoms with Crippen molar-refractivity contribution in [3.8, 4) is 0 Å². The first-order valence-corrected chi connectivity index (χ1v) is 12.1. The topological polar surface area (TPSA) is 134 Å². The zero-order valence-corrected chi connectivity index (χ0v) is 20.4. The second-order valence-corrected chi connectivity index (χ2v) is 11.2. The minimum atomic E-state index is -5.04. The molecule has 0 bridgehead atoms. The number of carbonyl (C=O) groups is 5. The number of ketones is 1. The second kappa shape index (κ2) is 9.00. The number of amides is 4. The predicted octanol–water partition coefficient (Wildman–Crippen LogP) is 0.255. The second-order valence-electron chi connectivity index (χ2n) is 11.2. The number of likely N-dealkylation sites (tertiary alicyclic amines) is 1. The summed E-state index contributed by atoms with van der Waals surface area (Å²) in [6.45, 7) is 4.39. The van der Waals surface area contributed by atoms with Crippen molar-refractivity contribution in [2.24, 2.45) is 23.2 Å². The first-order valence-electron chi connectivity index (χ1n) is 12.1. The van der Waals surface area contributed by atoms with E-state index < -0.39 is 60.0 Å². The van der Waals surface area contributed by atoms with Crippen LogP contribution in [-0.2, 0) is 28.7 Å². The molecular weight excluding hydrogens is 485 g/mol. The Morgan fingerprint density at radius 3 is 2.39 bits per heavy atom. The van der Waals surface area contributed by atoms with Gasteiger partial charge in [0.2, 0.25) is 11.8 Å². The summed E-state index contributed by atoms with van der Waals surface area (Å²) in [5.74, 6) is -4.61. The van der Waals surface area contributed by atoms with Crippen LogP contribution >= 0.6 is 0 Å². The molecule has 0 unspecified atom stereocenters. The minimum Gasteiger partial charge on any atom is -0.356 e. The molecular formula is C23H31F3N4O6. The molecule has 1 spiro atoms. The first kappa shape index (κ1) is 26.4. The highest BCUT2D eigenvalue weighted by molar-refractivity contribution is 6.35. The number of carbonyl (C=O) groups excluding carboxylic acids is 5. The number of ether oxygens (including phenoxy) is 1. The van der Waals surface area contributed by atoms with Crippen LogP contribution in [0.5, 0.6) is 0 Å². The molecule has 4 amide bonds. The summed E-state index contributed by atoms with van der Waals surface area (Å²) in [5.41, 5.74) is -0.730. The fourth-order valence-corrected chi connectivity index (χ4v) is 5.78. The van der Waals surface area contributed by atoms with Gasteiger partial charge in [0, 0.05) is 24.5 Å². The maximum atomic E-state index is 13.4. The van der Waals surface area contributed by atoms with Crippen LogP contribution in [0.2, 0.25) is 0 Å². The molecule has 5 atom stereocenters. The number of hydrogen-bond donors (Lipinski definition) is 3. The van der Waals surface area contributed by atoms with Gasteiger partial charge >= 0.3 is 18.2 Å². The zero-order valence-electron chi connectivity index (χ0n) is 20.4. The molecule has 0 aromatic carbocycles. The molecule has 2 heterocycles. The number of halogens is 3. The molecule has 13 heteroatoms. The van der Waals surface area contributed by atoms with Gasteiger partial charge in [-0.3, -0.25) is 28.7 Å². The summed E-state index contributed by atoms with van der Waals surface area (Å²) in [4.78, 5) is 64.8. The normalized spacial score (nSPS) is 28.8. The first-order chi connectivity index (χ1) is 16.6. The monoisotopic (exact) mass is 516 g/mol. The van der Waals surface area contributed by atoms with Crippen molar-refractivity contribution >= 4 is 29.4 Å². The lowest BCUT2D eigenvalue weighted by Crippen LogP contribution is -2.57. The molecule has 4 fully saturated rings. The van der Waals surface area contributed by atoms with Crippen molar-refractivity contribution in [1.82, 2.24) is 20.9 Å². The molecule has 36 heavy (non-hydrogen) atoms. The Bertz CT molecular complexity index is 974. The van der Waals surface area contributed by atoms with Gasteiger partial charge in [0.25, 0.3) is 0 Å². The molecule has 200 valence electrons. The Balaban J connectivity index is 1.50. The van der Waals surface area contributed by atoms with Crippen LogP contribution in [0.4, 0.5) is 13.2 Å². The fraction of sp³-hybridized carbons (Fsp3) is 0.783. The summed E-state index contributed by atoms with van der Waals surface area (Å²) >= 11 is 0. The van der Waals surface area contributed by atoms with Crippen LogP contribution in [-0.4, -0.2) is 78.0 Å². The third-order valence-corrected chi connectivity index (χ3v) is 7.60. The minimum absolute atomic E-state index is 0.0521. The van der Waals surface area contributed by atoms with Crippen LogP contribution in [0.25, 0.3) is 0 Å². The highest BCUT2D eigenvalue weighted by Gasteiger charge is 2.79. The lowest BCUT2D eigenvalue weighted by molar-refractivity contribution is -0.321. The van der Waals surface area contributed by atoms with Gasteiger partial charge in [-0.2, -0.15) is 0 Å². The van der Waals surface area contributed by atoms with Crippen molar-refractivity contribution in [3.63, 3.8) is 0 Å². The van der Waals surface area contributed by atoms with Gasteiger partial charge in [-0.1, -0.05) is 0 Å². The number of fused-ring (bicyclic) bond motifs is 3. The van der Waals surface area contributed by atoms with E-state index in [9.17, 15) is 37.1 Å². The molecule has 2 saturated carbocycles. The average Bonchev–Trinajstić information content (AvgIpc) is 3.53. The highest BCUT2D eigenvalue weighted by Crippen LogP contribution is 2.78. The standard InChI is InChI=1S/C23H31F3N4O6/c1-21(2,3)29-19(34)20(35)30-9-12-15(22(12)5-6-22)16(30)18(33)28-13(8-11-4-7-27-17(11)32)14(31)10-36-23(24,25)26/h11-13,15-16H,4-10H2,1-3H3,(H,27,32)(H,28,33)(H,29,34)/t11-,12-,13-,15-,16-/m0/s1. The lowest BCUT2D eigenvalue weighted by Gasteiger charge is -2.30. The number of rotatable bonds is 7. The lowest BCUT2D eigenvalue weighted by atomic mass is 9.95. The van der Waals surface area contributed by atoms with Crippen LogP contribution in [0.1, 0.15) is 46.5 Å². The average molecular weight is 517 g/mol. The van der Waals surface area contributed by atoms with E-state index in [2.05, 4.69) is 20.7 Å². The molecule has 4 aliphatic rings. The van der Waals surface area contributed by atoms with E-state index in [1.807, 2.05) is 0 Å². The Hall–Kier alpha value is -2.70. The molecule has 2 aliphatic heterocycles. The number of alkyl halides is 3. The summed E-state index contributed by atoms with van der Waals surface area (Å²) in [7, 11) is 0. The molecule has 0 aromatic rings. The van der Waals surface area contributed by atoms with E-state index in [0.29, 0.717) is 13.0 Å². The number of hydrogen-bond acceptors (Lipinski definition) is 6. The van der Waals surface area contributed by atoms with Gasteiger partial charge in [-0.15, -0.1) is 13.2 Å². The van der Waals surface area contributed by atoms with Crippen LogP contribution in [0.3, 0.4) is 0 Å². The summed E-state index contributed by atoms with van der Waals surface area (Å²) < 4.78 is 41.2. The molecule has 4 rings (SSSR count). The molecule has 2 aliphatic carbocycles. The third-order valence-electron chi connectivity index (χ3n) is 7.60. The van der Waals surface area contributed by atoms with Crippen molar-refractivity contribution in [3.05, 3.63) is 0 Å². The fourth-order valence-electron chi connectivity index (χ4n) is 5.78. The Morgan fingerprint density at radius 2 is 1.86 bits per heavy atom. The summed E-state index contributed by atoms with van der Waals surface area (Å²) in [6, 6.07) is -2.44. The van der Waals surface area contributed by atoms with Gasteiger partial charge in [-0.25, -0.2) is 0 Å². The summed E-state index contributed by atoms with van der Waals surface area (Å²) in [5, 5.41) is 7.67. The van der Waals surface area contributed by atoms with Crippen molar-refractivity contribution in [1.29, 1.82) is 0 Å². The van der Waals surface area contributed by atoms with E-state index in [1.165, 1.54) is 4.90 Å². The van der Waals surface area contributed by atoms with Gasteiger partial charge in [0.15, 0.2) is 5.78 Å². The third kappa shape index (κ3) is 5.35. The largest absolute Gasteiger partial charge is 0.522 e. The van der Waals surface area contributed by atoms with Crippen LogP contribution < -0.4 is 16.0 Å². The van der Waals surface area contributed by atoms with Crippen molar-refractivity contribution in [2.45, 2.75) is 70.4 Å². The maximum absolute atomic E-state index is 13.4. The zero-order chi connectivity index (χ0) is 26.6. The number of piperidine rings is 1. The molecule has 10 nitrogen and oxygen atoms in total. The van der Waals surface area contributed by atoms with E-state index in [4.69, 9.17) is 0 Å². The highest BCUT2D eigenvalue weighted by atomic mass is 19.4. The van der Waals surface area contributed by atoms with E-state index in [1.54, 1.807) is 20.8 Å². The van der Waals surface area contributed by atoms with E-state index in [-0.39, 0.29) is 36.1 Å². The number of nitrogens with one attached hydrogen (secondary N) is 3. The van der Waals surface area contributed by atoms with Crippen LogP contribution in [0, 0.1) is 23.2 Å². The van der Waals surface area contributed by atoms with Gasteiger partial charge in [-0.05, 0) is 63.7 Å². The number of nitrogens with zero attached hydrogens (tertiary/aromatic N) is 1. The van der Waals surface area contributed by atoms with Gasteiger partial charge in [0.1, 0.15) is 12.6 Å². The maximum Gasteiger partial charge on any atom is 0.522 e. The predicted molar refractivity (Wildman–Crippen MR) is 117 cm³/mol. The summed E-state index contributed by atoms with van der Waals surface area (Å²) in [6.07, 6.45) is -3.07. The quantitative estimate of drug-likeness (QED) is 0.416. The van der Waals surface area contributed by atoms with Crippen LogP contribution in [0.15, 0.2) is 0 Å². The van der Waals surface area contributed by atoms with Gasteiger partial charge in [0.05, 0.1) is 6.04 Å². The molecule has 0 aromatic heterocycles. The smallest absolute Gasteiger partial charge is 0.356 e. The number of Topliss-reactive ketones (excluding diaryl/α,β-unsaturated/α-hetero) is 1.